The predicted molar refractivity (Wildman–Crippen MR) is 96.4 cm³/mol. The van der Waals surface area contributed by atoms with Crippen LogP contribution in [0.4, 0.5) is 4.79 Å². The SMILES string of the molecule is CCOC(=O)C1=C(COC(=O)C23CC4CC(CC(C4)C2)C3)NC(=O)N[C@@H]1C. The number of ether oxygens (including phenoxy) is 2. The molecule has 2 amide bonds. The summed E-state index contributed by atoms with van der Waals surface area (Å²) in [5.74, 6) is 1.28. The second-order valence-corrected chi connectivity index (χ2v) is 8.71. The van der Waals surface area contributed by atoms with Crippen LogP contribution < -0.4 is 10.6 Å². The van der Waals surface area contributed by atoms with Crippen molar-refractivity contribution in [1.29, 1.82) is 0 Å². The average Bonchev–Trinajstić information content (AvgIpc) is 2.58. The fourth-order valence-corrected chi connectivity index (χ4v) is 6.04. The summed E-state index contributed by atoms with van der Waals surface area (Å²) in [4.78, 5) is 37.1. The molecule has 1 aliphatic heterocycles. The van der Waals surface area contributed by atoms with Crippen LogP contribution >= 0.6 is 0 Å². The van der Waals surface area contributed by atoms with E-state index in [9.17, 15) is 14.4 Å². The first-order valence-electron chi connectivity index (χ1n) is 10.0. The highest BCUT2D eigenvalue weighted by Crippen LogP contribution is 2.60. The van der Waals surface area contributed by atoms with Gasteiger partial charge in [-0.3, -0.25) is 4.79 Å². The maximum atomic E-state index is 13.0. The minimum atomic E-state index is -0.502. The van der Waals surface area contributed by atoms with Crippen molar-refractivity contribution in [2.24, 2.45) is 23.2 Å². The minimum absolute atomic E-state index is 0.105. The normalized spacial score (nSPS) is 36.9. The zero-order valence-electron chi connectivity index (χ0n) is 16.0. The van der Waals surface area contributed by atoms with Gasteiger partial charge in [-0.1, -0.05) is 0 Å². The van der Waals surface area contributed by atoms with Gasteiger partial charge in [0.05, 0.1) is 29.3 Å². The van der Waals surface area contributed by atoms with Crippen LogP contribution in [0.15, 0.2) is 11.3 Å². The Morgan fingerprint density at radius 1 is 1.07 bits per heavy atom. The van der Waals surface area contributed by atoms with E-state index in [0.29, 0.717) is 29.0 Å². The Morgan fingerprint density at radius 2 is 1.67 bits per heavy atom. The van der Waals surface area contributed by atoms with E-state index in [1.165, 1.54) is 19.3 Å². The third-order valence-electron chi connectivity index (χ3n) is 6.68. The molecule has 7 nitrogen and oxygen atoms in total. The monoisotopic (exact) mass is 376 g/mol. The smallest absolute Gasteiger partial charge is 0.338 e. The van der Waals surface area contributed by atoms with Gasteiger partial charge in [-0.2, -0.15) is 0 Å². The lowest BCUT2D eigenvalue weighted by Gasteiger charge is -2.55. The molecule has 0 aromatic heterocycles. The fraction of sp³-hybridized carbons (Fsp3) is 0.750. The van der Waals surface area contributed by atoms with Gasteiger partial charge >= 0.3 is 18.0 Å². The Kier molecular flexibility index (Phi) is 4.64. The number of hydrogen-bond acceptors (Lipinski definition) is 5. The standard InChI is InChI=1S/C20H28N2O5/c1-3-26-17(23)16-11(2)21-19(25)22-15(16)10-27-18(24)20-7-12-4-13(8-20)6-14(5-12)9-20/h11-14H,3-10H2,1-2H3,(H2,21,22,25)/t11-,12?,13?,14?,20?/m1/s1. The van der Waals surface area contributed by atoms with Crippen molar-refractivity contribution >= 4 is 18.0 Å². The molecular weight excluding hydrogens is 348 g/mol. The lowest BCUT2D eigenvalue weighted by atomic mass is 9.49. The van der Waals surface area contributed by atoms with Gasteiger partial charge in [0, 0.05) is 0 Å². The number of carbonyl (C=O) groups is 3. The molecule has 4 saturated carbocycles. The Bertz CT molecular complexity index is 663. The summed E-state index contributed by atoms with van der Waals surface area (Å²) >= 11 is 0. The second-order valence-electron chi connectivity index (χ2n) is 8.71. The van der Waals surface area contributed by atoms with Crippen LogP contribution in [-0.2, 0) is 19.1 Å². The highest BCUT2D eigenvalue weighted by atomic mass is 16.5. The molecule has 7 heteroatoms. The van der Waals surface area contributed by atoms with Crippen LogP contribution in [0.3, 0.4) is 0 Å². The summed E-state index contributed by atoms with van der Waals surface area (Å²) in [5, 5.41) is 5.26. The van der Waals surface area contributed by atoms with Crippen molar-refractivity contribution in [3.8, 4) is 0 Å². The van der Waals surface area contributed by atoms with Gasteiger partial charge in [0.25, 0.3) is 0 Å². The van der Waals surface area contributed by atoms with Crippen molar-refractivity contribution in [2.75, 3.05) is 13.2 Å². The van der Waals surface area contributed by atoms with Gasteiger partial charge in [-0.05, 0) is 70.1 Å². The van der Waals surface area contributed by atoms with Crippen LogP contribution in [0.5, 0.6) is 0 Å². The van der Waals surface area contributed by atoms with E-state index in [2.05, 4.69) is 10.6 Å². The zero-order valence-corrected chi connectivity index (χ0v) is 16.0. The van der Waals surface area contributed by atoms with Crippen LogP contribution in [0.2, 0.25) is 0 Å². The number of esters is 2. The molecule has 2 N–H and O–H groups in total. The van der Waals surface area contributed by atoms with Crippen LogP contribution in [0.1, 0.15) is 52.4 Å². The first-order chi connectivity index (χ1) is 12.9. The zero-order chi connectivity index (χ0) is 19.2. The number of amides is 2. The van der Waals surface area contributed by atoms with E-state index in [1.54, 1.807) is 13.8 Å². The Hall–Kier alpha value is -2.05. The molecule has 0 unspecified atom stereocenters. The molecule has 5 rings (SSSR count). The van der Waals surface area contributed by atoms with Gasteiger partial charge in [-0.15, -0.1) is 0 Å². The Labute approximate surface area is 159 Å². The molecule has 4 bridgehead atoms. The topological polar surface area (TPSA) is 93.7 Å². The maximum absolute atomic E-state index is 13.0. The highest BCUT2D eigenvalue weighted by molar-refractivity contribution is 5.94. The number of urea groups is 1. The molecule has 1 atom stereocenters. The van der Waals surface area contributed by atoms with Crippen LogP contribution in [-0.4, -0.2) is 37.2 Å². The summed E-state index contributed by atoms with van der Waals surface area (Å²) < 4.78 is 10.8. The molecule has 5 aliphatic rings. The van der Waals surface area contributed by atoms with E-state index in [1.807, 2.05) is 0 Å². The minimum Gasteiger partial charge on any atom is -0.463 e. The van der Waals surface area contributed by atoms with Gasteiger partial charge in [0.15, 0.2) is 0 Å². The van der Waals surface area contributed by atoms with E-state index in [0.717, 1.165) is 19.3 Å². The van der Waals surface area contributed by atoms with Crippen molar-refractivity contribution in [3.05, 3.63) is 11.3 Å². The van der Waals surface area contributed by atoms with Crippen LogP contribution in [0, 0.1) is 23.2 Å². The molecule has 0 aromatic carbocycles. The first-order valence-corrected chi connectivity index (χ1v) is 10.0. The summed E-state index contributed by atoms with van der Waals surface area (Å²) in [6.45, 7) is 3.58. The van der Waals surface area contributed by atoms with Crippen molar-refractivity contribution in [1.82, 2.24) is 10.6 Å². The second kappa shape index (κ2) is 6.84. The van der Waals surface area contributed by atoms with Crippen molar-refractivity contribution < 1.29 is 23.9 Å². The molecule has 4 fully saturated rings. The highest BCUT2D eigenvalue weighted by Gasteiger charge is 2.55. The number of nitrogens with one attached hydrogen (secondary N) is 2. The summed E-state index contributed by atoms with van der Waals surface area (Å²) in [5.41, 5.74) is 0.277. The molecule has 4 aliphatic carbocycles. The number of rotatable bonds is 5. The predicted octanol–water partition coefficient (Wildman–Crippen LogP) is 2.26. The molecular formula is C20H28N2O5. The Morgan fingerprint density at radius 3 is 2.22 bits per heavy atom. The van der Waals surface area contributed by atoms with Crippen molar-refractivity contribution in [3.63, 3.8) is 0 Å². The molecule has 27 heavy (non-hydrogen) atoms. The number of hydrogen-bond donors (Lipinski definition) is 2. The Balaban J connectivity index is 1.49. The molecule has 0 saturated heterocycles. The molecule has 0 radical (unpaired) electrons. The number of carbonyl (C=O) groups excluding carboxylic acids is 3. The lowest BCUT2D eigenvalue weighted by molar-refractivity contribution is -0.170. The van der Waals surface area contributed by atoms with Gasteiger partial charge in [0.1, 0.15) is 6.61 Å². The summed E-state index contributed by atoms with van der Waals surface area (Å²) in [6, 6.07) is -0.901. The third kappa shape index (κ3) is 3.32. The summed E-state index contributed by atoms with van der Waals surface area (Å²) in [6.07, 6.45) is 6.53. The van der Waals surface area contributed by atoms with Gasteiger partial charge < -0.3 is 20.1 Å². The van der Waals surface area contributed by atoms with Crippen LogP contribution in [0.25, 0.3) is 0 Å². The first kappa shape index (κ1) is 18.3. The molecule has 0 spiro atoms. The average molecular weight is 376 g/mol. The van der Waals surface area contributed by atoms with E-state index in [4.69, 9.17) is 9.47 Å². The van der Waals surface area contributed by atoms with E-state index in [-0.39, 0.29) is 24.6 Å². The third-order valence-corrected chi connectivity index (χ3v) is 6.68. The summed E-state index contributed by atoms with van der Waals surface area (Å²) in [7, 11) is 0. The lowest BCUT2D eigenvalue weighted by Crippen LogP contribution is -2.52. The molecule has 1 heterocycles. The molecule has 148 valence electrons. The maximum Gasteiger partial charge on any atom is 0.338 e. The van der Waals surface area contributed by atoms with Crippen molar-refractivity contribution in [2.45, 2.75) is 58.4 Å². The fourth-order valence-electron chi connectivity index (χ4n) is 6.04. The van der Waals surface area contributed by atoms with Gasteiger partial charge in [0.2, 0.25) is 0 Å². The molecule has 0 aromatic rings. The van der Waals surface area contributed by atoms with E-state index < -0.39 is 18.0 Å². The largest absolute Gasteiger partial charge is 0.463 e. The van der Waals surface area contributed by atoms with E-state index >= 15 is 0 Å². The quantitative estimate of drug-likeness (QED) is 0.718. The van der Waals surface area contributed by atoms with Gasteiger partial charge in [-0.25, -0.2) is 9.59 Å².